The third kappa shape index (κ3) is 4.21. The van der Waals surface area contributed by atoms with E-state index in [1.165, 1.54) is 11.3 Å². The zero-order valence-electron chi connectivity index (χ0n) is 17.9. The summed E-state index contributed by atoms with van der Waals surface area (Å²) in [5.41, 5.74) is 1.56. The molecule has 0 atom stereocenters. The van der Waals surface area contributed by atoms with E-state index in [-0.39, 0.29) is 11.6 Å². The molecule has 0 fully saturated rings. The van der Waals surface area contributed by atoms with Gasteiger partial charge in [0, 0.05) is 20.1 Å². The van der Waals surface area contributed by atoms with Gasteiger partial charge in [-0.25, -0.2) is 4.99 Å². The SMILES string of the molecule is CCOc1ccc(N2C(=O)/C(=C\c3ccc(Cl)cc3Cl)N=C2c2sc3ccccc3c2Cl)cc1. The highest BCUT2D eigenvalue weighted by Gasteiger charge is 2.35. The first-order valence-electron chi connectivity index (χ1n) is 10.5. The molecular weight excluding hydrogens is 511 g/mol. The van der Waals surface area contributed by atoms with Crippen LogP contribution >= 0.6 is 46.1 Å². The minimum absolute atomic E-state index is 0.252. The fourth-order valence-electron chi connectivity index (χ4n) is 3.69. The van der Waals surface area contributed by atoms with Crippen molar-refractivity contribution < 1.29 is 9.53 Å². The predicted octanol–water partition coefficient (Wildman–Crippen LogP) is 8.09. The van der Waals surface area contributed by atoms with Gasteiger partial charge >= 0.3 is 0 Å². The number of anilines is 1. The summed E-state index contributed by atoms with van der Waals surface area (Å²) in [5.74, 6) is 0.912. The lowest BCUT2D eigenvalue weighted by Gasteiger charge is -2.18. The fourth-order valence-corrected chi connectivity index (χ4v) is 5.65. The number of ether oxygens (including phenoxy) is 1. The van der Waals surface area contributed by atoms with E-state index in [1.54, 1.807) is 29.2 Å². The van der Waals surface area contributed by atoms with Crippen molar-refractivity contribution in [1.29, 1.82) is 0 Å². The molecule has 0 saturated carbocycles. The number of thiophene rings is 1. The molecule has 5 rings (SSSR count). The molecule has 4 nitrogen and oxygen atoms in total. The van der Waals surface area contributed by atoms with Gasteiger partial charge in [-0.05, 0) is 61.0 Å². The van der Waals surface area contributed by atoms with Crippen LogP contribution in [-0.2, 0) is 4.79 Å². The summed E-state index contributed by atoms with van der Waals surface area (Å²) in [7, 11) is 0. The average Bonchev–Trinajstić information content (AvgIpc) is 3.33. The fraction of sp³-hybridized carbons (Fsp3) is 0.0769. The number of fused-ring (bicyclic) bond motifs is 1. The van der Waals surface area contributed by atoms with Crippen LogP contribution in [0.4, 0.5) is 5.69 Å². The molecule has 1 aromatic heterocycles. The zero-order valence-corrected chi connectivity index (χ0v) is 21.0. The Morgan fingerprint density at radius 1 is 1.03 bits per heavy atom. The van der Waals surface area contributed by atoms with Crippen LogP contribution in [0.3, 0.4) is 0 Å². The van der Waals surface area contributed by atoms with Crippen molar-refractivity contribution in [3.8, 4) is 5.75 Å². The number of amides is 1. The van der Waals surface area contributed by atoms with E-state index in [0.717, 1.165) is 20.7 Å². The Balaban J connectivity index is 1.65. The number of benzene rings is 3. The first-order valence-corrected chi connectivity index (χ1v) is 12.4. The molecule has 0 spiro atoms. The van der Waals surface area contributed by atoms with Crippen molar-refractivity contribution >= 4 is 79.7 Å². The predicted molar refractivity (Wildman–Crippen MR) is 143 cm³/mol. The Hall–Kier alpha value is -2.83. The maximum absolute atomic E-state index is 13.6. The maximum Gasteiger partial charge on any atom is 0.282 e. The van der Waals surface area contributed by atoms with Crippen molar-refractivity contribution in [2.24, 2.45) is 4.99 Å². The number of rotatable bonds is 5. The van der Waals surface area contributed by atoms with Crippen LogP contribution in [0.5, 0.6) is 5.75 Å². The van der Waals surface area contributed by atoms with Gasteiger partial charge < -0.3 is 4.74 Å². The molecule has 4 aromatic rings. The van der Waals surface area contributed by atoms with Crippen LogP contribution in [0.25, 0.3) is 16.2 Å². The lowest BCUT2D eigenvalue weighted by atomic mass is 10.2. The third-order valence-corrected chi connectivity index (χ3v) is 7.49. The summed E-state index contributed by atoms with van der Waals surface area (Å²) in [6, 6.07) is 20.3. The molecule has 1 aliphatic heterocycles. The largest absolute Gasteiger partial charge is 0.494 e. The van der Waals surface area contributed by atoms with Crippen molar-refractivity contribution in [3.05, 3.63) is 97.9 Å². The molecule has 8 heteroatoms. The van der Waals surface area contributed by atoms with E-state index < -0.39 is 0 Å². The second-order valence-corrected chi connectivity index (χ2v) is 9.71. The van der Waals surface area contributed by atoms with Crippen molar-refractivity contribution in [3.63, 3.8) is 0 Å². The number of aliphatic imine (C=N–C) groups is 1. The number of carbonyl (C=O) groups is 1. The molecular formula is C26H17Cl3N2O2S. The highest BCUT2D eigenvalue weighted by molar-refractivity contribution is 7.21. The number of amidine groups is 1. The molecule has 0 N–H and O–H groups in total. The van der Waals surface area contributed by atoms with E-state index in [9.17, 15) is 4.79 Å². The Kier molecular flexibility index (Phi) is 6.36. The summed E-state index contributed by atoms with van der Waals surface area (Å²) in [6.07, 6.45) is 1.66. The molecule has 2 heterocycles. The highest BCUT2D eigenvalue weighted by atomic mass is 35.5. The molecule has 0 bridgehead atoms. The number of nitrogens with zero attached hydrogens (tertiary/aromatic N) is 2. The van der Waals surface area contributed by atoms with Gasteiger partial charge in [0.1, 0.15) is 11.4 Å². The van der Waals surface area contributed by atoms with E-state index in [2.05, 4.69) is 0 Å². The molecule has 1 aliphatic rings. The molecule has 1 amide bonds. The Morgan fingerprint density at radius 3 is 2.50 bits per heavy atom. The van der Waals surface area contributed by atoms with Gasteiger partial charge in [0.2, 0.25) is 0 Å². The standard InChI is InChI=1S/C26H17Cl3N2O2S/c1-2-33-18-11-9-17(10-12-18)31-25(24-23(29)19-5-3-4-6-22(19)34-24)30-21(26(31)32)13-15-7-8-16(27)14-20(15)28/h3-14H,2H2,1H3/b21-13+. The molecule has 3 aromatic carbocycles. The Morgan fingerprint density at radius 2 is 1.79 bits per heavy atom. The lowest BCUT2D eigenvalue weighted by Crippen LogP contribution is -2.32. The lowest BCUT2D eigenvalue weighted by molar-refractivity contribution is -0.113. The van der Waals surface area contributed by atoms with E-state index in [0.29, 0.717) is 38.8 Å². The first kappa shape index (κ1) is 22.9. The quantitative estimate of drug-likeness (QED) is 0.246. The third-order valence-electron chi connectivity index (χ3n) is 5.26. The molecule has 170 valence electrons. The van der Waals surface area contributed by atoms with E-state index in [4.69, 9.17) is 44.5 Å². The maximum atomic E-state index is 13.6. The van der Waals surface area contributed by atoms with Crippen LogP contribution in [0.15, 0.2) is 77.4 Å². The summed E-state index contributed by atoms with van der Waals surface area (Å²) in [4.78, 5) is 20.6. The zero-order chi connectivity index (χ0) is 23.8. The van der Waals surface area contributed by atoms with Crippen molar-refractivity contribution in [1.82, 2.24) is 0 Å². The number of hydrogen-bond donors (Lipinski definition) is 0. The van der Waals surface area contributed by atoms with Crippen LogP contribution < -0.4 is 9.64 Å². The smallest absolute Gasteiger partial charge is 0.282 e. The number of halogens is 3. The van der Waals surface area contributed by atoms with Crippen LogP contribution in [0, 0.1) is 0 Å². The van der Waals surface area contributed by atoms with Gasteiger partial charge in [-0.3, -0.25) is 9.69 Å². The van der Waals surface area contributed by atoms with E-state index >= 15 is 0 Å². The minimum atomic E-state index is -0.279. The minimum Gasteiger partial charge on any atom is -0.494 e. The monoisotopic (exact) mass is 526 g/mol. The van der Waals surface area contributed by atoms with Crippen LogP contribution in [-0.4, -0.2) is 18.3 Å². The van der Waals surface area contributed by atoms with Gasteiger partial charge in [0.05, 0.1) is 22.2 Å². The molecule has 0 saturated heterocycles. The number of hydrogen-bond acceptors (Lipinski definition) is 4. The van der Waals surface area contributed by atoms with Gasteiger partial charge in [-0.2, -0.15) is 0 Å². The van der Waals surface area contributed by atoms with Gasteiger partial charge in [0.15, 0.2) is 5.84 Å². The molecule has 0 unspecified atom stereocenters. The van der Waals surface area contributed by atoms with Gasteiger partial charge in [0.25, 0.3) is 5.91 Å². The van der Waals surface area contributed by atoms with Crippen LogP contribution in [0.1, 0.15) is 17.4 Å². The average molecular weight is 528 g/mol. The second kappa shape index (κ2) is 9.43. The Bertz CT molecular complexity index is 1480. The summed E-state index contributed by atoms with van der Waals surface area (Å²) in [5, 5.41) is 2.43. The summed E-state index contributed by atoms with van der Waals surface area (Å²) in [6.45, 7) is 2.48. The van der Waals surface area contributed by atoms with E-state index in [1.807, 2.05) is 55.5 Å². The number of carbonyl (C=O) groups excluding carboxylic acids is 1. The van der Waals surface area contributed by atoms with Crippen molar-refractivity contribution in [2.75, 3.05) is 11.5 Å². The summed E-state index contributed by atoms with van der Waals surface area (Å²) < 4.78 is 6.57. The topological polar surface area (TPSA) is 41.9 Å². The molecule has 34 heavy (non-hydrogen) atoms. The second-order valence-electron chi connectivity index (χ2n) is 7.44. The summed E-state index contributed by atoms with van der Waals surface area (Å²) >= 11 is 20.6. The Labute approximate surface area is 215 Å². The van der Waals surface area contributed by atoms with Gasteiger partial charge in [-0.15, -0.1) is 11.3 Å². The highest BCUT2D eigenvalue weighted by Crippen LogP contribution is 2.39. The molecule has 0 aliphatic carbocycles. The van der Waals surface area contributed by atoms with Gasteiger partial charge in [-0.1, -0.05) is 59.1 Å². The van der Waals surface area contributed by atoms with Crippen LogP contribution in [0.2, 0.25) is 15.1 Å². The van der Waals surface area contributed by atoms with Crippen molar-refractivity contribution in [2.45, 2.75) is 6.92 Å². The molecule has 0 radical (unpaired) electrons. The first-order chi connectivity index (χ1) is 16.5. The normalized spacial score (nSPS) is 14.8.